The molecule has 1 aromatic carbocycles. The normalized spacial score (nSPS) is 10.3. The predicted octanol–water partition coefficient (Wildman–Crippen LogP) is 3.91. The Kier molecular flexibility index (Phi) is 6.72. The molecule has 128 valence electrons. The van der Waals surface area contributed by atoms with Gasteiger partial charge < -0.3 is 5.32 Å². The molecule has 5 nitrogen and oxygen atoms in total. The topological polar surface area (TPSA) is 82.9 Å². The molecule has 1 aromatic heterocycles. The first-order chi connectivity index (χ1) is 12.0. The maximum Gasteiger partial charge on any atom is 0.224 e. The van der Waals surface area contributed by atoms with E-state index in [2.05, 4.69) is 10.3 Å². The van der Waals surface area contributed by atoms with E-state index in [-0.39, 0.29) is 17.4 Å². The molecular weight excluding hydrogens is 334 g/mol. The second kappa shape index (κ2) is 9.00. The van der Waals surface area contributed by atoms with Crippen molar-refractivity contribution in [1.82, 2.24) is 4.98 Å². The number of ketones is 1. The van der Waals surface area contributed by atoms with Gasteiger partial charge in [0, 0.05) is 23.9 Å². The standard InChI is InChI=1S/C19H19N3O2S/c1-13(2)9-18(24)22-16-5-3-15(4-6-16)17(23)12-25-19-10-14(11-20)7-8-21-19/h3-8,10,13H,9,12H2,1-2H3,(H,22,24). The van der Waals surface area contributed by atoms with E-state index in [0.29, 0.717) is 34.2 Å². The molecular formula is C19H19N3O2S. The van der Waals surface area contributed by atoms with Crippen LogP contribution in [0.25, 0.3) is 0 Å². The number of anilines is 1. The van der Waals surface area contributed by atoms with Gasteiger partial charge in [-0.15, -0.1) is 0 Å². The minimum Gasteiger partial charge on any atom is -0.326 e. The molecule has 0 bridgehead atoms. The number of nitrogens with one attached hydrogen (secondary N) is 1. The molecule has 2 rings (SSSR count). The minimum atomic E-state index is -0.0342. The highest BCUT2D eigenvalue weighted by Crippen LogP contribution is 2.19. The third-order valence-corrected chi connectivity index (χ3v) is 4.22. The van der Waals surface area contributed by atoms with Gasteiger partial charge in [0.1, 0.15) is 0 Å². The number of hydrogen-bond donors (Lipinski definition) is 1. The van der Waals surface area contributed by atoms with E-state index in [1.54, 1.807) is 42.6 Å². The summed E-state index contributed by atoms with van der Waals surface area (Å²) in [6.45, 7) is 3.97. The number of carbonyl (C=O) groups is 2. The first kappa shape index (κ1) is 18.7. The van der Waals surface area contributed by atoms with Crippen LogP contribution in [-0.2, 0) is 4.79 Å². The van der Waals surface area contributed by atoms with Crippen LogP contribution in [0.3, 0.4) is 0 Å². The van der Waals surface area contributed by atoms with E-state index < -0.39 is 0 Å². The molecule has 0 atom stereocenters. The lowest BCUT2D eigenvalue weighted by molar-refractivity contribution is -0.116. The summed E-state index contributed by atoms with van der Waals surface area (Å²) in [5.41, 5.74) is 1.77. The highest BCUT2D eigenvalue weighted by molar-refractivity contribution is 7.99. The summed E-state index contributed by atoms with van der Waals surface area (Å²) in [6, 6.07) is 12.2. The number of hydrogen-bond acceptors (Lipinski definition) is 5. The van der Waals surface area contributed by atoms with Gasteiger partial charge in [-0.2, -0.15) is 5.26 Å². The monoisotopic (exact) mass is 353 g/mol. The van der Waals surface area contributed by atoms with Crippen molar-refractivity contribution in [2.75, 3.05) is 11.1 Å². The molecule has 0 aliphatic carbocycles. The smallest absolute Gasteiger partial charge is 0.224 e. The lowest BCUT2D eigenvalue weighted by Crippen LogP contribution is -2.14. The molecule has 0 unspecified atom stereocenters. The van der Waals surface area contributed by atoms with E-state index in [4.69, 9.17) is 5.26 Å². The average Bonchev–Trinajstić information content (AvgIpc) is 2.59. The van der Waals surface area contributed by atoms with Crippen molar-refractivity contribution >= 4 is 29.1 Å². The number of carbonyl (C=O) groups excluding carboxylic acids is 2. The lowest BCUT2D eigenvalue weighted by Gasteiger charge is -2.08. The highest BCUT2D eigenvalue weighted by atomic mass is 32.2. The lowest BCUT2D eigenvalue weighted by atomic mass is 10.1. The van der Waals surface area contributed by atoms with Crippen LogP contribution in [0, 0.1) is 17.2 Å². The van der Waals surface area contributed by atoms with Gasteiger partial charge in [0.25, 0.3) is 0 Å². The summed E-state index contributed by atoms with van der Waals surface area (Å²) in [5.74, 6) is 0.467. The largest absolute Gasteiger partial charge is 0.326 e. The number of nitriles is 1. The Morgan fingerprint density at radius 3 is 2.60 bits per heavy atom. The second-order valence-electron chi connectivity index (χ2n) is 5.93. The Morgan fingerprint density at radius 2 is 1.96 bits per heavy atom. The van der Waals surface area contributed by atoms with Gasteiger partial charge in [-0.25, -0.2) is 4.98 Å². The quantitative estimate of drug-likeness (QED) is 0.603. The van der Waals surface area contributed by atoms with Gasteiger partial charge in [-0.05, 0) is 42.3 Å². The number of rotatable bonds is 7. The van der Waals surface area contributed by atoms with Gasteiger partial charge in [-0.3, -0.25) is 9.59 Å². The van der Waals surface area contributed by atoms with E-state index in [1.807, 2.05) is 19.9 Å². The fourth-order valence-corrected chi connectivity index (χ4v) is 2.89. The van der Waals surface area contributed by atoms with Gasteiger partial charge >= 0.3 is 0 Å². The van der Waals surface area contributed by atoms with Crippen LogP contribution >= 0.6 is 11.8 Å². The molecule has 0 aliphatic rings. The van der Waals surface area contributed by atoms with Crippen LogP contribution < -0.4 is 5.32 Å². The van der Waals surface area contributed by atoms with Crippen molar-refractivity contribution in [2.45, 2.75) is 25.3 Å². The molecule has 25 heavy (non-hydrogen) atoms. The maximum absolute atomic E-state index is 12.3. The van der Waals surface area contributed by atoms with E-state index in [1.165, 1.54) is 11.8 Å². The van der Waals surface area contributed by atoms with Crippen LogP contribution in [0.4, 0.5) is 5.69 Å². The number of benzene rings is 1. The van der Waals surface area contributed by atoms with Crippen molar-refractivity contribution in [2.24, 2.45) is 5.92 Å². The first-order valence-electron chi connectivity index (χ1n) is 7.90. The first-order valence-corrected chi connectivity index (χ1v) is 8.88. The Labute approximate surface area is 151 Å². The molecule has 0 saturated heterocycles. The van der Waals surface area contributed by atoms with Crippen molar-refractivity contribution < 1.29 is 9.59 Å². The number of amides is 1. The molecule has 0 spiro atoms. The third-order valence-electron chi connectivity index (χ3n) is 3.30. The fourth-order valence-electron chi connectivity index (χ4n) is 2.10. The third kappa shape index (κ3) is 6.05. The number of Topliss-reactive ketones (excluding diaryl/α,β-unsaturated/α-hetero) is 1. The van der Waals surface area contributed by atoms with Gasteiger partial charge in [0.05, 0.1) is 22.4 Å². The Bertz CT molecular complexity index is 795. The van der Waals surface area contributed by atoms with Crippen LogP contribution in [0.1, 0.15) is 36.2 Å². The molecule has 0 radical (unpaired) electrons. The minimum absolute atomic E-state index is 0.0331. The van der Waals surface area contributed by atoms with Gasteiger partial charge in [-0.1, -0.05) is 25.6 Å². The molecule has 6 heteroatoms. The van der Waals surface area contributed by atoms with Crippen molar-refractivity contribution in [3.05, 3.63) is 53.7 Å². The van der Waals surface area contributed by atoms with E-state index >= 15 is 0 Å². The van der Waals surface area contributed by atoms with Crippen LogP contribution in [0.15, 0.2) is 47.6 Å². The molecule has 1 amide bonds. The SMILES string of the molecule is CC(C)CC(=O)Nc1ccc(C(=O)CSc2cc(C#N)ccn2)cc1. The zero-order valence-electron chi connectivity index (χ0n) is 14.2. The summed E-state index contributed by atoms with van der Waals surface area (Å²) in [7, 11) is 0. The predicted molar refractivity (Wildman–Crippen MR) is 98.5 cm³/mol. The Hall–Kier alpha value is -2.65. The zero-order valence-corrected chi connectivity index (χ0v) is 15.0. The molecule has 0 saturated carbocycles. The zero-order chi connectivity index (χ0) is 18.2. The van der Waals surface area contributed by atoms with Crippen LogP contribution in [0.5, 0.6) is 0 Å². The van der Waals surface area contributed by atoms with E-state index in [0.717, 1.165) is 0 Å². The van der Waals surface area contributed by atoms with Gasteiger partial charge in [0.15, 0.2) is 5.78 Å². The Balaban J connectivity index is 1.91. The maximum atomic E-state index is 12.3. The second-order valence-corrected chi connectivity index (χ2v) is 6.93. The Morgan fingerprint density at radius 1 is 1.24 bits per heavy atom. The van der Waals surface area contributed by atoms with E-state index in [9.17, 15) is 9.59 Å². The molecule has 0 fully saturated rings. The number of aromatic nitrogens is 1. The summed E-state index contributed by atoms with van der Waals surface area (Å²) in [6.07, 6.45) is 2.02. The summed E-state index contributed by atoms with van der Waals surface area (Å²) in [4.78, 5) is 28.1. The van der Waals surface area contributed by atoms with Crippen molar-refractivity contribution in [3.63, 3.8) is 0 Å². The number of pyridine rings is 1. The van der Waals surface area contributed by atoms with Crippen LogP contribution in [0.2, 0.25) is 0 Å². The average molecular weight is 353 g/mol. The van der Waals surface area contributed by atoms with Crippen molar-refractivity contribution in [3.8, 4) is 6.07 Å². The summed E-state index contributed by atoms with van der Waals surface area (Å²) >= 11 is 1.29. The molecule has 1 N–H and O–H groups in total. The van der Waals surface area contributed by atoms with Gasteiger partial charge in [0.2, 0.25) is 5.91 Å². The fraction of sp³-hybridized carbons (Fsp3) is 0.263. The van der Waals surface area contributed by atoms with Crippen molar-refractivity contribution in [1.29, 1.82) is 5.26 Å². The molecule has 2 aromatic rings. The van der Waals surface area contributed by atoms with Crippen LogP contribution in [-0.4, -0.2) is 22.4 Å². The molecule has 1 heterocycles. The highest BCUT2D eigenvalue weighted by Gasteiger charge is 2.09. The number of nitrogens with zero attached hydrogens (tertiary/aromatic N) is 2. The summed E-state index contributed by atoms with van der Waals surface area (Å²) < 4.78 is 0. The number of thioether (sulfide) groups is 1. The summed E-state index contributed by atoms with van der Waals surface area (Å²) in [5, 5.41) is 12.3. The molecule has 0 aliphatic heterocycles.